The fourth-order valence-corrected chi connectivity index (χ4v) is 1.11. The predicted octanol–water partition coefficient (Wildman–Crippen LogP) is 0.873. The number of hydrogen-bond acceptors (Lipinski definition) is 4. The molecule has 72 valence electrons. The Morgan fingerprint density at radius 1 is 1.69 bits per heavy atom. The summed E-state index contributed by atoms with van der Waals surface area (Å²) in [4.78, 5) is 10.4. The standard InChI is InChI=1S/C8H11NO4/c1-3-5-6(4-7(10)11)13-9-8(5)12-2/h3-4H2,1-2H3,(H,10,11). The monoisotopic (exact) mass is 185 g/mol. The number of ether oxygens (including phenoxy) is 1. The van der Waals surface area contributed by atoms with Crippen molar-refractivity contribution in [1.82, 2.24) is 5.16 Å². The van der Waals surface area contributed by atoms with Gasteiger partial charge in [0, 0.05) is 0 Å². The lowest BCUT2D eigenvalue weighted by molar-refractivity contribution is -0.136. The van der Waals surface area contributed by atoms with E-state index in [0.29, 0.717) is 18.1 Å². The van der Waals surface area contributed by atoms with Gasteiger partial charge < -0.3 is 14.4 Å². The van der Waals surface area contributed by atoms with Crippen LogP contribution in [0.5, 0.6) is 5.88 Å². The number of hydrogen-bond donors (Lipinski definition) is 1. The number of aliphatic carboxylic acids is 1. The molecule has 0 aliphatic carbocycles. The van der Waals surface area contributed by atoms with Gasteiger partial charge in [0.15, 0.2) is 5.76 Å². The van der Waals surface area contributed by atoms with E-state index in [9.17, 15) is 4.79 Å². The number of carboxylic acids is 1. The van der Waals surface area contributed by atoms with Crippen LogP contribution in [0.2, 0.25) is 0 Å². The van der Waals surface area contributed by atoms with E-state index in [0.717, 1.165) is 5.56 Å². The molecule has 0 aliphatic rings. The number of carbonyl (C=O) groups is 1. The second-order valence-electron chi connectivity index (χ2n) is 2.52. The van der Waals surface area contributed by atoms with Crippen LogP contribution < -0.4 is 4.74 Å². The molecule has 0 fully saturated rings. The van der Waals surface area contributed by atoms with Gasteiger partial charge >= 0.3 is 5.97 Å². The van der Waals surface area contributed by atoms with Crippen LogP contribution in [0.4, 0.5) is 0 Å². The minimum Gasteiger partial charge on any atom is -0.481 e. The Hall–Kier alpha value is -1.52. The van der Waals surface area contributed by atoms with Crippen molar-refractivity contribution in [3.8, 4) is 5.88 Å². The second kappa shape index (κ2) is 3.93. The van der Waals surface area contributed by atoms with E-state index in [1.807, 2.05) is 6.92 Å². The zero-order valence-corrected chi connectivity index (χ0v) is 7.53. The third-order valence-corrected chi connectivity index (χ3v) is 1.69. The average molecular weight is 185 g/mol. The van der Waals surface area contributed by atoms with Crippen molar-refractivity contribution in [2.75, 3.05) is 7.11 Å². The molecular formula is C8H11NO4. The molecule has 1 aromatic rings. The first-order chi connectivity index (χ1) is 6.19. The topological polar surface area (TPSA) is 72.6 Å². The Labute approximate surface area is 75.3 Å². The van der Waals surface area contributed by atoms with E-state index in [1.54, 1.807) is 0 Å². The highest BCUT2D eigenvalue weighted by atomic mass is 16.5. The number of aromatic nitrogens is 1. The van der Waals surface area contributed by atoms with Gasteiger partial charge in [-0.1, -0.05) is 6.92 Å². The van der Waals surface area contributed by atoms with Gasteiger partial charge in [-0.3, -0.25) is 4.79 Å². The molecule has 0 atom stereocenters. The molecule has 13 heavy (non-hydrogen) atoms. The molecule has 0 saturated carbocycles. The van der Waals surface area contributed by atoms with Gasteiger partial charge in [-0.2, -0.15) is 0 Å². The molecule has 0 unspecified atom stereocenters. The molecule has 0 bridgehead atoms. The summed E-state index contributed by atoms with van der Waals surface area (Å²) in [6.07, 6.45) is 0.495. The maximum atomic E-state index is 10.4. The first kappa shape index (κ1) is 9.57. The van der Waals surface area contributed by atoms with E-state index in [4.69, 9.17) is 14.4 Å². The van der Waals surface area contributed by atoms with Gasteiger partial charge in [-0.15, -0.1) is 0 Å². The van der Waals surface area contributed by atoms with Crippen molar-refractivity contribution in [2.24, 2.45) is 0 Å². The van der Waals surface area contributed by atoms with Crippen molar-refractivity contribution in [2.45, 2.75) is 19.8 Å². The molecule has 1 heterocycles. The van der Waals surface area contributed by atoms with Crippen molar-refractivity contribution in [3.05, 3.63) is 11.3 Å². The lowest BCUT2D eigenvalue weighted by Crippen LogP contribution is -2.01. The Kier molecular flexibility index (Phi) is 2.89. The molecular weight excluding hydrogens is 174 g/mol. The number of nitrogens with zero attached hydrogens (tertiary/aromatic N) is 1. The van der Waals surface area contributed by atoms with Crippen LogP contribution in [0.3, 0.4) is 0 Å². The number of rotatable bonds is 4. The fraction of sp³-hybridized carbons (Fsp3) is 0.500. The molecule has 5 heteroatoms. The van der Waals surface area contributed by atoms with E-state index in [-0.39, 0.29) is 6.42 Å². The number of carboxylic acid groups (broad SMARTS) is 1. The molecule has 5 nitrogen and oxygen atoms in total. The summed E-state index contributed by atoms with van der Waals surface area (Å²) in [5.41, 5.74) is 0.727. The highest BCUT2D eigenvalue weighted by Gasteiger charge is 2.16. The summed E-state index contributed by atoms with van der Waals surface area (Å²) in [5.74, 6) is -0.195. The minimum atomic E-state index is -0.937. The Bertz CT molecular complexity index is 305. The van der Waals surface area contributed by atoms with Crippen molar-refractivity contribution in [3.63, 3.8) is 0 Å². The predicted molar refractivity (Wildman–Crippen MR) is 43.8 cm³/mol. The zero-order chi connectivity index (χ0) is 9.84. The summed E-state index contributed by atoms with van der Waals surface area (Å²) < 4.78 is 9.73. The largest absolute Gasteiger partial charge is 0.481 e. The average Bonchev–Trinajstić information content (AvgIpc) is 2.45. The molecule has 1 aromatic heterocycles. The first-order valence-corrected chi connectivity index (χ1v) is 3.92. The van der Waals surface area contributed by atoms with E-state index in [1.165, 1.54) is 7.11 Å². The van der Waals surface area contributed by atoms with Crippen LogP contribution in [0.25, 0.3) is 0 Å². The fourth-order valence-electron chi connectivity index (χ4n) is 1.11. The first-order valence-electron chi connectivity index (χ1n) is 3.92. The van der Waals surface area contributed by atoms with Crippen molar-refractivity contribution in [1.29, 1.82) is 0 Å². The van der Waals surface area contributed by atoms with Gasteiger partial charge in [0.05, 0.1) is 12.7 Å². The summed E-state index contributed by atoms with van der Waals surface area (Å²) in [6, 6.07) is 0. The zero-order valence-electron chi connectivity index (χ0n) is 7.53. The molecule has 0 aromatic carbocycles. The lowest BCUT2D eigenvalue weighted by atomic mass is 10.1. The second-order valence-corrected chi connectivity index (χ2v) is 2.52. The lowest BCUT2D eigenvalue weighted by Gasteiger charge is -1.96. The van der Waals surface area contributed by atoms with Crippen LogP contribution >= 0.6 is 0 Å². The summed E-state index contributed by atoms with van der Waals surface area (Å²) in [7, 11) is 1.47. The third-order valence-electron chi connectivity index (χ3n) is 1.69. The molecule has 1 N–H and O–H groups in total. The van der Waals surface area contributed by atoms with Crippen molar-refractivity contribution < 1.29 is 19.2 Å². The van der Waals surface area contributed by atoms with E-state index in [2.05, 4.69) is 5.16 Å². The SMILES string of the molecule is CCc1c(OC)noc1CC(=O)O. The maximum Gasteiger partial charge on any atom is 0.311 e. The van der Waals surface area contributed by atoms with Crippen LogP contribution in [0.1, 0.15) is 18.2 Å². The molecule has 1 rings (SSSR count). The molecule has 0 aliphatic heterocycles. The quantitative estimate of drug-likeness (QED) is 0.753. The van der Waals surface area contributed by atoms with Gasteiger partial charge in [-0.05, 0) is 11.6 Å². The van der Waals surface area contributed by atoms with Gasteiger partial charge in [0.2, 0.25) is 0 Å². The highest BCUT2D eigenvalue weighted by molar-refractivity contribution is 5.70. The molecule has 0 amide bonds. The summed E-state index contributed by atoms with van der Waals surface area (Å²) in [6.45, 7) is 1.89. The van der Waals surface area contributed by atoms with Crippen LogP contribution in [-0.2, 0) is 17.6 Å². The number of methoxy groups -OCH3 is 1. The Morgan fingerprint density at radius 3 is 2.85 bits per heavy atom. The van der Waals surface area contributed by atoms with E-state index < -0.39 is 5.97 Å². The van der Waals surface area contributed by atoms with Crippen LogP contribution in [0, 0.1) is 0 Å². The molecule has 0 spiro atoms. The summed E-state index contributed by atoms with van der Waals surface area (Å²) in [5, 5.41) is 12.1. The Morgan fingerprint density at radius 2 is 2.38 bits per heavy atom. The molecule has 0 saturated heterocycles. The maximum absolute atomic E-state index is 10.4. The van der Waals surface area contributed by atoms with Gasteiger partial charge in [0.1, 0.15) is 6.42 Å². The normalized spacial score (nSPS) is 10.0. The Balaban J connectivity index is 2.93. The summed E-state index contributed by atoms with van der Waals surface area (Å²) >= 11 is 0. The smallest absolute Gasteiger partial charge is 0.311 e. The van der Waals surface area contributed by atoms with Crippen molar-refractivity contribution >= 4 is 5.97 Å². The van der Waals surface area contributed by atoms with Gasteiger partial charge in [-0.25, -0.2) is 0 Å². The molecule has 0 radical (unpaired) electrons. The minimum absolute atomic E-state index is 0.153. The highest BCUT2D eigenvalue weighted by Crippen LogP contribution is 2.21. The van der Waals surface area contributed by atoms with Crippen LogP contribution in [-0.4, -0.2) is 23.3 Å². The third kappa shape index (κ3) is 1.99. The van der Waals surface area contributed by atoms with Crippen LogP contribution in [0.15, 0.2) is 4.52 Å². The van der Waals surface area contributed by atoms with E-state index >= 15 is 0 Å². The van der Waals surface area contributed by atoms with Gasteiger partial charge in [0.25, 0.3) is 5.88 Å².